The Labute approximate surface area is 117 Å². The van der Waals surface area contributed by atoms with Crippen LogP contribution in [0.4, 0.5) is 4.39 Å². The molecular formula is C16H27FN2. The summed E-state index contributed by atoms with van der Waals surface area (Å²) < 4.78 is 12.8. The molecule has 0 aliphatic rings. The molecule has 0 heterocycles. The van der Waals surface area contributed by atoms with Gasteiger partial charge in [0.05, 0.1) is 0 Å². The Kier molecular flexibility index (Phi) is 7.68. The molecule has 0 aliphatic heterocycles. The minimum atomic E-state index is -0.164. The van der Waals surface area contributed by atoms with E-state index in [0.717, 1.165) is 19.6 Å². The Morgan fingerprint density at radius 2 is 1.89 bits per heavy atom. The fourth-order valence-corrected chi connectivity index (χ4v) is 2.33. The van der Waals surface area contributed by atoms with Crippen molar-refractivity contribution in [2.24, 2.45) is 0 Å². The lowest BCUT2D eigenvalue weighted by molar-refractivity contribution is 0.307. The summed E-state index contributed by atoms with van der Waals surface area (Å²) in [7, 11) is 2.12. The van der Waals surface area contributed by atoms with Crippen molar-refractivity contribution in [1.82, 2.24) is 10.2 Å². The van der Waals surface area contributed by atoms with Crippen LogP contribution in [0.5, 0.6) is 0 Å². The zero-order chi connectivity index (χ0) is 14.1. The Morgan fingerprint density at radius 1 is 1.21 bits per heavy atom. The largest absolute Gasteiger partial charge is 0.314 e. The molecule has 0 spiro atoms. The molecule has 1 unspecified atom stereocenters. The molecule has 1 aromatic rings. The zero-order valence-corrected chi connectivity index (χ0v) is 12.5. The van der Waals surface area contributed by atoms with Crippen molar-refractivity contribution in [3.05, 3.63) is 35.6 Å². The van der Waals surface area contributed by atoms with Crippen molar-refractivity contribution < 1.29 is 4.39 Å². The van der Waals surface area contributed by atoms with Gasteiger partial charge in [0.1, 0.15) is 5.82 Å². The van der Waals surface area contributed by atoms with Crippen LogP contribution in [-0.4, -0.2) is 31.1 Å². The number of nitrogens with zero attached hydrogens (tertiary/aromatic N) is 1. The molecule has 0 amide bonds. The van der Waals surface area contributed by atoms with E-state index in [9.17, 15) is 4.39 Å². The molecule has 0 saturated heterocycles. The smallest absolute Gasteiger partial charge is 0.123 e. The molecule has 0 aliphatic carbocycles. The van der Waals surface area contributed by atoms with Crippen molar-refractivity contribution in [2.45, 2.75) is 45.7 Å². The fraction of sp³-hybridized carbons (Fsp3) is 0.625. The lowest BCUT2D eigenvalue weighted by atomic mass is 10.1. The number of hydrogen-bond acceptors (Lipinski definition) is 2. The molecule has 1 rings (SSSR count). The van der Waals surface area contributed by atoms with E-state index in [1.807, 2.05) is 12.1 Å². The summed E-state index contributed by atoms with van der Waals surface area (Å²) in [5.74, 6) is -0.164. The van der Waals surface area contributed by atoms with E-state index in [-0.39, 0.29) is 5.82 Å². The average Bonchev–Trinajstić information content (AvgIpc) is 2.40. The molecule has 3 heteroatoms. The van der Waals surface area contributed by atoms with Crippen LogP contribution in [0.2, 0.25) is 0 Å². The molecule has 19 heavy (non-hydrogen) atoms. The highest BCUT2D eigenvalue weighted by molar-refractivity contribution is 5.15. The molecular weight excluding hydrogens is 239 g/mol. The van der Waals surface area contributed by atoms with Gasteiger partial charge >= 0.3 is 0 Å². The second-order valence-corrected chi connectivity index (χ2v) is 5.17. The van der Waals surface area contributed by atoms with Crippen molar-refractivity contribution in [3.63, 3.8) is 0 Å². The number of halogens is 1. The highest BCUT2D eigenvalue weighted by Gasteiger charge is 2.05. The Morgan fingerprint density at radius 3 is 2.47 bits per heavy atom. The monoisotopic (exact) mass is 266 g/mol. The predicted octanol–water partition coefficient (Wildman–Crippen LogP) is 3.43. The third-order valence-corrected chi connectivity index (χ3v) is 3.44. The van der Waals surface area contributed by atoms with E-state index in [0.29, 0.717) is 6.04 Å². The number of hydrogen-bond donors (Lipinski definition) is 1. The number of benzene rings is 1. The van der Waals surface area contributed by atoms with E-state index in [4.69, 9.17) is 0 Å². The van der Waals surface area contributed by atoms with E-state index in [1.54, 1.807) is 0 Å². The third kappa shape index (κ3) is 6.69. The first-order valence-electron chi connectivity index (χ1n) is 7.32. The van der Waals surface area contributed by atoms with Gasteiger partial charge in [0.2, 0.25) is 0 Å². The summed E-state index contributed by atoms with van der Waals surface area (Å²) in [4.78, 5) is 2.30. The maximum atomic E-state index is 12.8. The van der Waals surface area contributed by atoms with Crippen LogP contribution >= 0.6 is 0 Å². The van der Waals surface area contributed by atoms with Gasteiger partial charge in [-0.25, -0.2) is 4.39 Å². The minimum absolute atomic E-state index is 0.164. The Bertz CT molecular complexity index is 337. The summed E-state index contributed by atoms with van der Waals surface area (Å²) >= 11 is 0. The van der Waals surface area contributed by atoms with Gasteiger partial charge in [-0.15, -0.1) is 0 Å². The second kappa shape index (κ2) is 9.05. The molecule has 0 aromatic heterocycles. The van der Waals surface area contributed by atoms with Crippen LogP contribution < -0.4 is 5.32 Å². The summed E-state index contributed by atoms with van der Waals surface area (Å²) in [5, 5.41) is 3.50. The zero-order valence-electron chi connectivity index (χ0n) is 12.5. The normalized spacial score (nSPS) is 12.9. The van der Waals surface area contributed by atoms with Crippen LogP contribution in [0.1, 0.15) is 38.7 Å². The van der Waals surface area contributed by atoms with E-state index < -0.39 is 0 Å². The second-order valence-electron chi connectivity index (χ2n) is 5.17. The third-order valence-electron chi connectivity index (χ3n) is 3.44. The summed E-state index contributed by atoms with van der Waals surface area (Å²) in [6.07, 6.45) is 3.61. The first-order chi connectivity index (χ1) is 9.15. The van der Waals surface area contributed by atoms with Crippen LogP contribution in [-0.2, 0) is 6.54 Å². The SMILES string of the molecule is CCNC(CC)CCCN(C)Cc1ccc(F)cc1. The van der Waals surface area contributed by atoms with E-state index >= 15 is 0 Å². The predicted molar refractivity (Wildman–Crippen MR) is 79.7 cm³/mol. The van der Waals surface area contributed by atoms with Gasteiger partial charge in [0, 0.05) is 12.6 Å². The average molecular weight is 266 g/mol. The van der Waals surface area contributed by atoms with Crippen molar-refractivity contribution in [2.75, 3.05) is 20.1 Å². The first-order valence-corrected chi connectivity index (χ1v) is 7.32. The van der Waals surface area contributed by atoms with Gasteiger partial charge < -0.3 is 10.2 Å². The summed E-state index contributed by atoms with van der Waals surface area (Å²) in [6.45, 7) is 7.40. The number of nitrogens with one attached hydrogen (secondary N) is 1. The van der Waals surface area contributed by atoms with Gasteiger partial charge in [0.15, 0.2) is 0 Å². The maximum Gasteiger partial charge on any atom is 0.123 e. The highest BCUT2D eigenvalue weighted by atomic mass is 19.1. The van der Waals surface area contributed by atoms with Crippen molar-refractivity contribution in [1.29, 1.82) is 0 Å². The van der Waals surface area contributed by atoms with Crippen LogP contribution in [0, 0.1) is 5.82 Å². The maximum absolute atomic E-state index is 12.8. The van der Waals surface area contributed by atoms with Crippen LogP contribution in [0.3, 0.4) is 0 Å². The van der Waals surface area contributed by atoms with Crippen LogP contribution in [0.25, 0.3) is 0 Å². The molecule has 2 nitrogen and oxygen atoms in total. The summed E-state index contributed by atoms with van der Waals surface area (Å²) in [6, 6.07) is 7.42. The lowest BCUT2D eigenvalue weighted by Gasteiger charge is -2.20. The molecule has 0 fully saturated rings. The van der Waals surface area contributed by atoms with E-state index in [2.05, 4.69) is 31.1 Å². The van der Waals surface area contributed by atoms with E-state index in [1.165, 1.54) is 37.0 Å². The highest BCUT2D eigenvalue weighted by Crippen LogP contribution is 2.07. The molecule has 108 valence electrons. The van der Waals surface area contributed by atoms with Crippen molar-refractivity contribution in [3.8, 4) is 0 Å². The molecule has 0 saturated carbocycles. The lowest BCUT2D eigenvalue weighted by Crippen LogP contribution is -2.29. The Hall–Kier alpha value is -0.930. The fourth-order valence-electron chi connectivity index (χ4n) is 2.33. The van der Waals surface area contributed by atoms with Crippen molar-refractivity contribution >= 4 is 0 Å². The first kappa shape index (κ1) is 16.1. The van der Waals surface area contributed by atoms with Gasteiger partial charge in [-0.1, -0.05) is 26.0 Å². The van der Waals surface area contributed by atoms with Crippen LogP contribution in [0.15, 0.2) is 24.3 Å². The minimum Gasteiger partial charge on any atom is -0.314 e. The molecule has 0 radical (unpaired) electrons. The molecule has 1 aromatic carbocycles. The van der Waals surface area contributed by atoms with Gasteiger partial charge in [-0.3, -0.25) is 0 Å². The standard InChI is InChI=1S/C16H27FN2/c1-4-16(18-5-2)7-6-12-19(3)13-14-8-10-15(17)11-9-14/h8-11,16,18H,4-7,12-13H2,1-3H3. The molecule has 0 bridgehead atoms. The topological polar surface area (TPSA) is 15.3 Å². The number of rotatable bonds is 9. The summed E-state index contributed by atoms with van der Waals surface area (Å²) in [5.41, 5.74) is 1.17. The molecule has 1 N–H and O–H groups in total. The Balaban J connectivity index is 2.23. The molecule has 1 atom stereocenters. The quantitative estimate of drug-likeness (QED) is 0.736. The van der Waals surface area contributed by atoms with Gasteiger partial charge in [-0.05, 0) is 57.1 Å². The van der Waals surface area contributed by atoms with Gasteiger partial charge in [-0.2, -0.15) is 0 Å². The van der Waals surface area contributed by atoms with Gasteiger partial charge in [0.25, 0.3) is 0 Å².